The first kappa shape index (κ1) is 14.1. The van der Waals surface area contributed by atoms with Crippen LogP contribution >= 0.6 is 0 Å². The van der Waals surface area contributed by atoms with Crippen molar-refractivity contribution < 1.29 is 19.3 Å². The first-order chi connectivity index (χ1) is 8.51. The summed E-state index contributed by atoms with van der Waals surface area (Å²) >= 11 is 0. The standard InChI is InChI=1S/C12H16N2O4/c1-9(15)13(17-3)11-6-5-7-12(8-11)14(18-4)10(2)16/h5-8H,1-4H3. The highest BCUT2D eigenvalue weighted by Crippen LogP contribution is 2.23. The maximum Gasteiger partial charge on any atom is 0.247 e. The smallest absolute Gasteiger partial charge is 0.247 e. The lowest BCUT2D eigenvalue weighted by Gasteiger charge is -2.21. The second-order valence-corrected chi connectivity index (χ2v) is 3.51. The summed E-state index contributed by atoms with van der Waals surface area (Å²) in [5.74, 6) is -0.525. The molecule has 0 aliphatic heterocycles. The highest BCUT2D eigenvalue weighted by molar-refractivity contribution is 5.92. The number of carbonyl (C=O) groups excluding carboxylic acids is 2. The quantitative estimate of drug-likeness (QED) is 0.762. The van der Waals surface area contributed by atoms with Gasteiger partial charge in [-0.25, -0.2) is 0 Å². The molecule has 0 unspecified atom stereocenters. The van der Waals surface area contributed by atoms with E-state index in [4.69, 9.17) is 9.68 Å². The number of hydrogen-bond acceptors (Lipinski definition) is 4. The van der Waals surface area contributed by atoms with E-state index in [9.17, 15) is 9.59 Å². The summed E-state index contributed by atoms with van der Waals surface area (Å²) in [5.41, 5.74) is 1.04. The van der Waals surface area contributed by atoms with Gasteiger partial charge in [-0.05, 0) is 18.2 Å². The Kier molecular flexibility index (Phi) is 4.82. The second kappa shape index (κ2) is 6.13. The Hall–Kier alpha value is -1.92. The van der Waals surface area contributed by atoms with E-state index in [1.54, 1.807) is 24.3 Å². The van der Waals surface area contributed by atoms with Gasteiger partial charge < -0.3 is 0 Å². The Morgan fingerprint density at radius 1 is 0.944 bits per heavy atom. The minimum Gasteiger partial charge on any atom is -0.273 e. The molecule has 0 atom stereocenters. The average Bonchev–Trinajstić information content (AvgIpc) is 2.30. The highest BCUT2D eigenvalue weighted by atomic mass is 16.7. The topological polar surface area (TPSA) is 59.1 Å². The molecule has 0 radical (unpaired) electrons. The predicted octanol–water partition coefficient (Wildman–Crippen LogP) is 1.52. The Morgan fingerprint density at radius 3 is 1.61 bits per heavy atom. The minimum atomic E-state index is -0.263. The molecule has 0 spiro atoms. The van der Waals surface area contributed by atoms with Gasteiger partial charge in [-0.3, -0.25) is 19.3 Å². The molecular weight excluding hydrogens is 236 g/mol. The van der Waals surface area contributed by atoms with E-state index in [1.807, 2.05) is 0 Å². The summed E-state index contributed by atoms with van der Waals surface area (Å²) < 4.78 is 0. The molecule has 1 aromatic rings. The molecule has 0 heterocycles. The van der Waals surface area contributed by atoms with Crippen LogP contribution in [0.1, 0.15) is 13.8 Å². The fraction of sp³-hybridized carbons (Fsp3) is 0.333. The first-order valence-corrected chi connectivity index (χ1v) is 5.31. The van der Waals surface area contributed by atoms with Crippen molar-refractivity contribution in [2.24, 2.45) is 0 Å². The molecule has 0 saturated carbocycles. The molecule has 0 aromatic heterocycles. The number of rotatable bonds is 4. The van der Waals surface area contributed by atoms with Gasteiger partial charge in [0, 0.05) is 13.8 Å². The normalized spacial score (nSPS) is 10.0. The van der Waals surface area contributed by atoms with Gasteiger partial charge in [-0.15, -0.1) is 0 Å². The van der Waals surface area contributed by atoms with E-state index in [-0.39, 0.29) is 11.8 Å². The molecule has 0 N–H and O–H groups in total. The van der Waals surface area contributed by atoms with Gasteiger partial charge in [-0.1, -0.05) is 6.07 Å². The van der Waals surface area contributed by atoms with Crippen LogP contribution in [0, 0.1) is 0 Å². The summed E-state index contributed by atoms with van der Waals surface area (Å²) in [6.45, 7) is 2.77. The van der Waals surface area contributed by atoms with Gasteiger partial charge in [0.05, 0.1) is 25.6 Å². The van der Waals surface area contributed by atoms with Crippen LogP contribution in [0.25, 0.3) is 0 Å². The molecule has 1 aromatic carbocycles. The Balaban J connectivity index is 3.12. The first-order valence-electron chi connectivity index (χ1n) is 5.31. The number of hydrogen-bond donors (Lipinski definition) is 0. The van der Waals surface area contributed by atoms with E-state index in [2.05, 4.69) is 0 Å². The van der Waals surface area contributed by atoms with Gasteiger partial charge in [0.2, 0.25) is 11.8 Å². The number of carbonyl (C=O) groups is 2. The van der Waals surface area contributed by atoms with E-state index in [0.717, 1.165) is 10.1 Å². The maximum absolute atomic E-state index is 11.3. The third-order valence-electron chi connectivity index (χ3n) is 2.24. The molecule has 98 valence electrons. The molecule has 0 aliphatic carbocycles. The Morgan fingerprint density at radius 2 is 1.33 bits per heavy atom. The molecule has 6 heteroatoms. The van der Waals surface area contributed by atoms with Gasteiger partial charge in [-0.2, -0.15) is 10.1 Å². The molecule has 6 nitrogen and oxygen atoms in total. The van der Waals surface area contributed by atoms with E-state index in [0.29, 0.717) is 11.4 Å². The summed E-state index contributed by atoms with van der Waals surface area (Å²) in [7, 11) is 2.79. The Bertz CT molecular complexity index is 410. The SMILES string of the molecule is CON(C(C)=O)c1cccc(N(OC)C(C)=O)c1. The molecule has 0 saturated heterocycles. The molecule has 0 bridgehead atoms. The number of anilines is 2. The average molecular weight is 252 g/mol. The summed E-state index contributed by atoms with van der Waals surface area (Å²) in [4.78, 5) is 32.6. The second-order valence-electron chi connectivity index (χ2n) is 3.51. The van der Waals surface area contributed by atoms with Crippen LogP contribution in [0.15, 0.2) is 24.3 Å². The van der Waals surface area contributed by atoms with Crippen molar-refractivity contribution >= 4 is 23.2 Å². The number of benzene rings is 1. The number of amides is 2. The maximum atomic E-state index is 11.3. The van der Waals surface area contributed by atoms with Crippen LogP contribution in [-0.2, 0) is 19.3 Å². The van der Waals surface area contributed by atoms with Crippen molar-refractivity contribution in [3.63, 3.8) is 0 Å². The molecule has 1 rings (SSSR count). The van der Waals surface area contributed by atoms with Crippen LogP contribution in [-0.4, -0.2) is 26.0 Å². The zero-order chi connectivity index (χ0) is 13.7. The largest absolute Gasteiger partial charge is 0.273 e. The van der Waals surface area contributed by atoms with E-state index in [1.165, 1.54) is 28.1 Å². The number of hydroxylamine groups is 2. The lowest BCUT2D eigenvalue weighted by molar-refractivity contribution is -0.123. The van der Waals surface area contributed by atoms with Gasteiger partial charge >= 0.3 is 0 Å². The highest BCUT2D eigenvalue weighted by Gasteiger charge is 2.15. The van der Waals surface area contributed by atoms with Gasteiger partial charge in [0.1, 0.15) is 0 Å². The number of nitrogens with zero attached hydrogens (tertiary/aromatic N) is 2. The lowest BCUT2D eigenvalue weighted by atomic mass is 10.2. The Labute approximate surface area is 106 Å². The van der Waals surface area contributed by atoms with Crippen LogP contribution in [0.2, 0.25) is 0 Å². The fourth-order valence-corrected chi connectivity index (χ4v) is 1.58. The molecule has 2 amide bonds. The molecule has 18 heavy (non-hydrogen) atoms. The van der Waals surface area contributed by atoms with E-state index >= 15 is 0 Å². The zero-order valence-electron chi connectivity index (χ0n) is 10.8. The third-order valence-corrected chi connectivity index (χ3v) is 2.24. The van der Waals surface area contributed by atoms with Crippen LogP contribution < -0.4 is 10.1 Å². The van der Waals surface area contributed by atoms with E-state index < -0.39 is 0 Å². The van der Waals surface area contributed by atoms with Crippen LogP contribution in [0.5, 0.6) is 0 Å². The zero-order valence-corrected chi connectivity index (χ0v) is 10.8. The van der Waals surface area contributed by atoms with Crippen molar-refractivity contribution in [2.75, 3.05) is 24.3 Å². The van der Waals surface area contributed by atoms with Crippen molar-refractivity contribution in [3.8, 4) is 0 Å². The summed E-state index contributed by atoms with van der Waals surface area (Å²) in [5, 5.41) is 2.24. The summed E-state index contributed by atoms with van der Waals surface area (Å²) in [6, 6.07) is 6.72. The van der Waals surface area contributed by atoms with Crippen LogP contribution in [0.3, 0.4) is 0 Å². The van der Waals surface area contributed by atoms with Gasteiger partial charge in [0.15, 0.2) is 0 Å². The predicted molar refractivity (Wildman–Crippen MR) is 66.8 cm³/mol. The molecule has 0 fully saturated rings. The lowest BCUT2D eigenvalue weighted by Crippen LogP contribution is -2.29. The van der Waals surface area contributed by atoms with Crippen LogP contribution in [0.4, 0.5) is 11.4 Å². The molecular formula is C12H16N2O4. The molecule has 0 aliphatic rings. The summed E-state index contributed by atoms with van der Waals surface area (Å²) in [6.07, 6.45) is 0. The van der Waals surface area contributed by atoms with Crippen molar-refractivity contribution in [1.82, 2.24) is 0 Å². The fourth-order valence-electron chi connectivity index (χ4n) is 1.58. The van der Waals surface area contributed by atoms with Crippen molar-refractivity contribution in [1.29, 1.82) is 0 Å². The minimum absolute atomic E-state index is 0.263. The monoisotopic (exact) mass is 252 g/mol. The third kappa shape index (κ3) is 3.06. The van der Waals surface area contributed by atoms with Crippen molar-refractivity contribution in [2.45, 2.75) is 13.8 Å². The van der Waals surface area contributed by atoms with Crippen molar-refractivity contribution in [3.05, 3.63) is 24.3 Å². The van der Waals surface area contributed by atoms with Gasteiger partial charge in [0.25, 0.3) is 0 Å².